The smallest absolute Gasteiger partial charge is 0.345 e. The summed E-state index contributed by atoms with van der Waals surface area (Å²) in [6, 6.07) is 0. The molecule has 0 aromatic heterocycles. The van der Waals surface area contributed by atoms with Crippen molar-refractivity contribution in [1.29, 1.82) is 0 Å². The van der Waals surface area contributed by atoms with Crippen LogP contribution in [0.1, 0.15) is 40.0 Å². The zero-order valence-electron chi connectivity index (χ0n) is 13.0. The zero-order valence-corrected chi connectivity index (χ0v) is 13.0. The first-order chi connectivity index (χ1) is 10.1. The highest BCUT2D eigenvalue weighted by Gasteiger charge is 2.24. The lowest BCUT2D eigenvalue weighted by molar-refractivity contribution is -0.158. The molecule has 0 bridgehead atoms. The Labute approximate surface area is 125 Å². The molecule has 0 saturated carbocycles. The number of esters is 2. The van der Waals surface area contributed by atoms with Crippen LogP contribution in [0.3, 0.4) is 0 Å². The van der Waals surface area contributed by atoms with E-state index in [1.54, 1.807) is 20.8 Å². The fourth-order valence-corrected chi connectivity index (χ4v) is 1.97. The number of carbonyl (C=O) groups excluding carboxylic acids is 2. The lowest BCUT2D eigenvalue weighted by atomic mass is 10.1. The van der Waals surface area contributed by atoms with Crippen molar-refractivity contribution >= 4 is 11.9 Å². The Kier molecular flexibility index (Phi) is 8.00. The summed E-state index contributed by atoms with van der Waals surface area (Å²) in [7, 11) is 0. The maximum absolute atomic E-state index is 11.9. The molecule has 1 fully saturated rings. The quantitative estimate of drug-likeness (QED) is 0.310. The van der Waals surface area contributed by atoms with Crippen LogP contribution in [0.5, 0.6) is 0 Å². The minimum atomic E-state index is -0.679. The highest BCUT2D eigenvalue weighted by molar-refractivity contribution is 6.14. The van der Waals surface area contributed by atoms with Crippen LogP contribution >= 0.6 is 0 Å². The first-order valence-electron chi connectivity index (χ1n) is 7.37. The van der Waals surface area contributed by atoms with E-state index in [0.29, 0.717) is 12.2 Å². The van der Waals surface area contributed by atoms with Crippen LogP contribution in [0.2, 0.25) is 0 Å². The lowest BCUT2D eigenvalue weighted by Crippen LogP contribution is -2.25. The third-order valence-electron chi connectivity index (χ3n) is 3.01. The van der Waals surface area contributed by atoms with E-state index in [1.807, 2.05) is 0 Å². The molecule has 120 valence electrons. The molecule has 1 unspecified atom stereocenters. The van der Waals surface area contributed by atoms with E-state index in [4.69, 9.17) is 18.9 Å². The van der Waals surface area contributed by atoms with Gasteiger partial charge in [0.1, 0.15) is 5.57 Å². The SMILES string of the molecule is CCOC(=O)C(C(=O)OCC)=C(C)COC1CCCCO1. The van der Waals surface area contributed by atoms with Crippen LogP contribution in [0.4, 0.5) is 0 Å². The van der Waals surface area contributed by atoms with Gasteiger partial charge in [-0.05, 0) is 45.6 Å². The van der Waals surface area contributed by atoms with Crippen molar-refractivity contribution in [3.63, 3.8) is 0 Å². The molecule has 0 radical (unpaired) electrons. The second kappa shape index (κ2) is 9.52. The van der Waals surface area contributed by atoms with Gasteiger partial charge in [0.25, 0.3) is 0 Å². The average molecular weight is 300 g/mol. The van der Waals surface area contributed by atoms with Gasteiger partial charge in [0.2, 0.25) is 0 Å². The van der Waals surface area contributed by atoms with E-state index in [9.17, 15) is 9.59 Å². The second-order valence-electron chi connectivity index (χ2n) is 4.70. The van der Waals surface area contributed by atoms with Crippen LogP contribution in [0.25, 0.3) is 0 Å². The molecular weight excluding hydrogens is 276 g/mol. The van der Waals surface area contributed by atoms with Crippen LogP contribution in [-0.4, -0.2) is 44.7 Å². The van der Waals surface area contributed by atoms with Crippen molar-refractivity contribution in [2.24, 2.45) is 0 Å². The van der Waals surface area contributed by atoms with Crippen molar-refractivity contribution in [3.05, 3.63) is 11.1 Å². The highest BCUT2D eigenvalue weighted by atomic mass is 16.7. The van der Waals surface area contributed by atoms with Gasteiger partial charge in [-0.15, -0.1) is 0 Å². The highest BCUT2D eigenvalue weighted by Crippen LogP contribution is 2.16. The zero-order chi connectivity index (χ0) is 15.7. The molecule has 0 aromatic carbocycles. The van der Waals surface area contributed by atoms with Crippen LogP contribution < -0.4 is 0 Å². The lowest BCUT2D eigenvalue weighted by Gasteiger charge is -2.23. The normalized spacial score (nSPS) is 18.0. The summed E-state index contributed by atoms with van der Waals surface area (Å²) in [5.74, 6) is -1.36. The van der Waals surface area contributed by atoms with E-state index in [1.165, 1.54) is 0 Å². The Morgan fingerprint density at radius 2 is 1.71 bits per heavy atom. The molecule has 0 N–H and O–H groups in total. The average Bonchev–Trinajstić information content (AvgIpc) is 2.47. The maximum Gasteiger partial charge on any atom is 0.345 e. The molecule has 0 amide bonds. The molecule has 0 aliphatic carbocycles. The van der Waals surface area contributed by atoms with Crippen molar-refractivity contribution in [2.45, 2.75) is 46.3 Å². The van der Waals surface area contributed by atoms with E-state index in [0.717, 1.165) is 19.3 Å². The summed E-state index contributed by atoms with van der Waals surface area (Å²) in [4.78, 5) is 23.8. The third-order valence-corrected chi connectivity index (χ3v) is 3.01. The predicted molar refractivity (Wildman–Crippen MR) is 75.5 cm³/mol. The maximum atomic E-state index is 11.9. The minimum absolute atomic E-state index is 0.0884. The van der Waals surface area contributed by atoms with Gasteiger partial charge >= 0.3 is 11.9 Å². The Balaban J connectivity index is 2.71. The Morgan fingerprint density at radius 1 is 1.10 bits per heavy atom. The Morgan fingerprint density at radius 3 is 2.19 bits per heavy atom. The molecule has 1 atom stereocenters. The predicted octanol–water partition coefficient (Wildman–Crippen LogP) is 1.97. The molecule has 0 aromatic rings. The van der Waals surface area contributed by atoms with Crippen LogP contribution in [0.15, 0.2) is 11.1 Å². The largest absolute Gasteiger partial charge is 0.462 e. The summed E-state index contributed by atoms with van der Waals surface area (Å²) in [6.45, 7) is 6.23. The number of hydrogen-bond acceptors (Lipinski definition) is 6. The summed E-state index contributed by atoms with van der Waals surface area (Å²) >= 11 is 0. The first-order valence-corrected chi connectivity index (χ1v) is 7.37. The van der Waals surface area contributed by atoms with Gasteiger partial charge in [0.15, 0.2) is 6.29 Å². The standard InChI is InChI=1S/C15H24O6/c1-4-18-14(16)13(15(17)19-5-2)11(3)10-21-12-8-6-7-9-20-12/h12H,4-10H2,1-3H3. The van der Waals surface area contributed by atoms with Crippen molar-refractivity contribution in [1.82, 2.24) is 0 Å². The topological polar surface area (TPSA) is 71.1 Å². The van der Waals surface area contributed by atoms with E-state index in [-0.39, 0.29) is 31.7 Å². The van der Waals surface area contributed by atoms with Crippen molar-refractivity contribution < 1.29 is 28.5 Å². The number of rotatable bonds is 7. The monoisotopic (exact) mass is 300 g/mol. The molecule has 1 saturated heterocycles. The van der Waals surface area contributed by atoms with Gasteiger partial charge in [-0.2, -0.15) is 0 Å². The minimum Gasteiger partial charge on any atom is -0.462 e. The van der Waals surface area contributed by atoms with Gasteiger partial charge in [0.05, 0.1) is 19.8 Å². The van der Waals surface area contributed by atoms with Crippen molar-refractivity contribution in [2.75, 3.05) is 26.4 Å². The van der Waals surface area contributed by atoms with E-state index in [2.05, 4.69) is 0 Å². The summed E-state index contributed by atoms with van der Waals surface area (Å²) in [5, 5.41) is 0. The van der Waals surface area contributed by atoms with Gasteiger partial charge in [-0.25, -0.2) is 9.59 Å². The van der Waals surface area contributed by atoms with E-state index >= 15 is 0 Å². The number of ether oxygens (including phenoxy) is 4. The van der Waals surface area contributed by atoms with Gasteiger partial charge in [0, 0.05) is 6.61 Å². The summed E-state index contributed by atoms with van der Waals surface area (Å²) < 4.78 is 20.8. The molecule has 1 heterocycles. The van der Waals surface area contributed by atoms with Gasteiger partial charge in [-0.3, -0.25) is 0 Å². The second-order valence-corrected chi connectivity index (χ2v) is 4.70. The van der Waals surface area contributed by atoms with Crippen LogP contribution in [0, 0.1) is 0 Å². The molecule has 1 aliphatic heterocycles. The molecule has 1 aliphatic rings. The first kappa shape index (κ1) is 17.7. The molecule has 6 nitrogen and oxygen atoms in total. The third kappa shape index (κ3) is 5.85. The number of hydrogen-bond donors (Lipinski definition) is 0. The molecule has 21 heavy (non-hydrogen) atoms. The number of carbonyl (C=O) groups is 2. The summed E-state index contributed by atoms with van der Waals surface area (Å²) in [6.07, 6.45) is 2.63. The molecule has 6 heteroatoms. The fraction of sp³-hybridized carbons (Fsp3) is 0.733. The van der Waals surface area contributed by atoms with E-state index < -0.39 is 11.9 Å². The summed E-state index contributed by atoms with van der Waals surface area (Å²) in [5.41, 5.74) is 0.399. The van der Waals surface area contributed by atoms with Gasteiger partial charge < -0.3 is 18.9 Å². The fourth-order valence-electron chi connectivity index (χ4n) is 1.97. The molecule has 0 spiro atoms. The Hall–Kier alpha value is -1.40. The molecular formula is C15H24O6. The van der Waals surface area contributed by atoms with Crippen LogP contribution in [-0.2, 0) is 28.5 Å². The molecule has 1 rings (SSSR count). The van der Waals surface area contributed by atoms with Crippen molar-refractivity contribution in [3.8, 4) is 0 Å². The van der Waals surface area contributed by atoms with Gasteiger partial charge in [-0.1, -0.05) is 0 Å². The Bertz CT molecular complexity index is 362.